The van der Waals surface area contributed by atoms with Gasteiger partial charge in [-0.2, -0.15) is 0 Å². The van der Waals surface area contributed by atoms with Gasteiger partial charge >= 0.3 is 5.97 Å². The van der Waals surface area contributed by atoms with Crippen LogP contribution in [-0.4, -0.2) is 56.7 Å². The lowest BCUT2D eigenvalue weighted by atomic mass is 10.1. The van der Waals surface area contributed by atoms with E-state index in [1.54, 1.807) is 36.3 Å². The zero-order chi connectivity index (χ0) is 23.2. The van der Waals surface area contributed by atoms with Gasteiger partial charge in [0.2, 0.25) is 0 Å². The predicted molar refractivity (Wildman–Crippen MR) is 126 cm³/mol. The van der Waals surface area contributed by atoms with Gasteiger partial charge in [-0.1, -0.05) is 30.3 Å². The average molecular weight is 448 g/mol. The van der Waals surface area contributed by atoms with Crippen LogP contribution in [0, 0.1) is 5.82 Å². The zero-order valence-corrected chi connectivity index (χ0v) is 18.4. The molecule has 3 aromatic rings. The fourth-order valence-corrected chi connectivity index (χ4v) is 3.81. The van der Waals surface area contributed by atoms with Gasteiger partial charge in [0.25, 0.3) is 5.91 Å². The molecule has 1 aliphatic heterocycles. The Balaban J connectivity index is 1.26. The van der Waals surface area contributed by atoms with Crippen LogP contribution in [0.1, 0.15) is 5.56 Å². The number of carbonyl (C=O) groups is 2. The lowest BCUT2D eigenvalue weighted by Crippen LogP contribution is -2.50. The van der Waals surface area contributed by atoms with E-state index in [0.29, 0.717) is 31.9 Å². The van der Waals surface area contributed by atoms with Gasteiger partial charge in [-0.15, -0.1) is 0 Å². The van der Waals surface area contributed by atoms with Gasteiger partial charge in [-0.3, -0.25) is 4.79 Å². The molecule has 1 saturated heterocycles. The highest BCUT2D eigenvalue weighted by Gasteiger charge is 2.23. The summed E-state index contributed by atoms with van der Waals surface area (Å²) < 4.78 is 24.3. The minimum Gasteiger partial charge on any atom is -0.497 e. The van der Waals surface area contributed by atoms with Crippen molar-refractivity contribution in [3.05, 3.63) is 78.1 Å². The van der Waals surface area contributed by atoms with E-state index in [1.807, 2.05) is 41.3 Å². The largest absolute Gasteiger partial charge is 0.497 e. The van der Waals surface area contributed by atoms with Crippen LogP contribution in [0.2, 0.25) is 0 Å². The molecule has 4 rings (SSSR count). The number of piperazine rings is 1. The summed E-state index contributed by atoms with van der Waals surface area (Å²) in [7, 11) is 1.63. The molecule has 0 unspecified atom stereocenters. The summed E-state index contributed by atoms with van der Waals surface area (Å²) in [4.78, 5) is 28.0. The molecule has 1 amide bonds. The van der Waals surface area contributed by atoms with E-state index in [2.05, 4.69) is 0 Å². The molecule has 0 aromatic heterocycles. The van der Waals surface area contributed by atoms with Gasteiger partial charge in [0.15, 0.2) is 6.61 Å². The molecular formula is C26H25FN2O4. The Labute approximate surface area is 191 Å². The highest BCUT2D eigenvalue weighted by atomic mass is 19.1. The number of carbonyl (C=O) groups excluding carboxylic acids is 2. The third kappa shape index (κ3) is 5.49. The Morgan fingerprint density at radius 1 is 0.970 bits per heavy atom. The number of ether oxygens (including phenoxy) is 2. The van der Waals surface area contributed by atoms with Gasteiger partial charge in [-0.25, -0.2) is 9.18 Å². The number of fused-ring (bicyclic) bond motifs is 1. The van der Waals surface area contributed by atoms with E-state index in [4.69, 9.17) is 9.47 Å². The van der Waals surface area contributed by atoms with E-state index >= 15 is 0 Å². The van der Waals surface area contributed by atoms with E-state index in [9.17, 15) is 14.0 Å². The van der Waals surface area contributed by atoms with Crippen LogP contribution in [0.15, 0.2) is 66.7 Å². The van der Waals surface area contributed by atoms with E-state index < -0.39 is 5.97 Å². The summed E-state index contributed by atoms with van der Waals surface area (Å²) in [6.45, 7) is 1.62. The lowest BCUT2D eigenvalue weighted by Gasteiger charge is -2.36. The number of esters is 1. The second-order valence-corrected chi connectivity index (χ2v) is 7.73. The van der Waals surface area contributed by atoms with Crippen LogP contribution in [0.4, 0.5) is 10.1 Å². The molecule has 0 N–H and O–H groups in total. The third-order valence-electron chi connectivity index (χ3n) is 5.65. The number of anilines is 1. The average Bonchev–Trinajstić information content (AvgIpc) is 2.86. The topological polar surface area (TPSA) is 59.1 Å². The van der Waals surface area contributed by atoms with Crippen molar-refractivity contribution in [2.45, 2.75) is 0 Å². The summed E-state index contributed by atoms with van der Waals surface area (Å²) in [5, 5.41) is 2.06. The van der Waals surface area contributed by atoms with Crippen molar-refractivity contribution in [2.24, 2.45) is 0 Å². The molecule has 6 nitrogen and oxygen atoms in total. The SMILES string of the molecule is COc1ccc2cc(/C=C/C(=O)OCC(=O)N3CCN(c4ccccc4F)CC3)ccc2c1. The Bertz CT molecular complexity index is 1190. The molecule has 0 radical (unpaired) electrons. The maximum Gasteiger partial charge on any atom is 0.331 e. The monoisotopic (exact) mass is 448 g/mol. The summed E-state index contributed by atoms with van der Waals surface area (Å²) in [5.74, 6) is -0.329. The number of halogens is 1. The molecule has 0 atom stereocenters. The second kappa shape index (κ2) is 10.2. The minimum absolute atomic E-state index is 0.260. The standard InChI is InChI=1S/C26H25FN2O4/c1-32-22-10-9-20-16-19(6-8-21(20)17-22)7-11-26(31)33-18-25(30)29-14-12-28(13-15-29)24-5-3-2-4-23(24)27/h2-11,16-17H,12-15,18H2,1H3/b11-7+. The molecule has 0 saturated carbocycles. The number of amides is 1. The molecule has 1 heterocycles. The fraction of sp³-hybridized carbons (Fsp3) is 0.231. The van der Waals surface area contributed by atoms with Crippen molar-refractivity contribution in [3.8, 4) is 5.75 Å². The van der Waals surface area contributed by atoms with E-state index in [-0.39, 0.29) is 18.3 Å². The highest BCUT2D eigenvalue weighted by Crippen LogP contribution is 2.22. The third-order valence-corrected chi connectivity index (χ3v) is 5.65. The summed E-state index contributed by atoms with van der Waals surface area (Å²) in [5.41, 5.74) is 1.38. The van der Waals surface area contributed by atoms with Crippen LogP contribution in [-0.2, 0) is 14.3 Å². The van der Waals surface area contributed by atoms with Crippen LogP contribution in [0.5, 0.6) is 5.75 Å². The summed E-state index contributed by atoms with van der Waals surface area (Å²) >= 11 is 0. The predicted octanol–water partition coefficient (Wildman–Crippen LogP) is 3.89. The molecule has 0 bridgehead atoms. The molecule has 33 heavy (non-hydrogen) atoms. The number of benzene rings is 3. The normalized spacial score (nSPS) is 14.0. The molecular weight excluding hydrogens is 423 g/mol. The molecule has 0 aliphatic carbocycles. The lowest BCUT2D eigenvalue weighted by molar-refractivity contribution is -0.148. The Hall–Kier alpha value is -3.87. The number of para-hydroxylation sites is 1. The number of hydrogen-bond donors (Lipinski definition) is 0. The van der Waals surface area contributed by atoms with Crippen molar-refractivity contribution in [1.82, 2.24) is 4.90 Å². The van der Waals surface area contributed by atoms with Gasteiger partial charge < -0.3 is 19.3 Å². The quantitative estimate of drug-likeness (QED) is 0.423. The molecule has 7 heteroatoms. The van der Waals surface area contributed by atoms with Crippen LogP contribution < -0.4 is 9.64 Å². The molecule has 3 aromatic carbocycles. The fourth-order valence-electron chi connectivity index (χ4n) is 3.81. The second-order valence-electron chi connectivity index (χ2n) is 7.73. The Morgan fingerprint density at radius 2 is 1.70 bits per heavy atom. The first-order valence-corrected chi connectivity index (χ1v) is 10.7. The maximum absolute atomic E-state index is 14.0. The molecule has 0 spiro atoms. The zero-order valence-electron chi connectivity index (χ0n) is 18.4. The van der Waals surface area contributed by atoms with Gasteiger partial charge in [-0.05, 0) is 52.7 Å². The van der Waals surface area contributed by atoms with Crippen molar-refractivity contribution in [2.75, 3.05) is 44.8 Å². The first-order valence-electron chi connectivity index (χ1n) is 10.7. The smallest absolute Gasteiger partial charge is 0.331 e. The maximum atomic E-state index is 14.0. The van der Waals surface area contributed by atoms with Crippen LogP contribution in [0.3, 0.4) is 0 Å². The Kier molecular flexibility index (Phi) is 6.88. The van der Waals surface area contributed by atoms with E-state index in [1.165, 1.54) is 12.1 Å². The Morgan fingerprint density at radius 3 is 2.45 bits per heavy atom. The van der Waals surface area contributed by atoms with E-state index in [0.717, 1.165) is 22.1 Å². The minimum atomic E-state index is -0.580. The number of nitrogens with zero attached hydrogens (tertiary/aromatic N) is 2. The number of rotatable bonds is 6. The van der Waals surface area contributed by atoms with Gasteiger partial charge in [0, 0.05) is 32.3 Å². The first-order chi connectivity index (χ1) is 16.0. The van der Waals surface area contributed by atoms with Crippen molar-refractivity contribution in [3.63, 3.8) is 0 Å². The molecule has 170 valence electrons. The highest BCUT2D eigenvalue weighted by molar-refractivity contribution is 5.91. The summed E-state index contributed by atoms with van der Waals surface area (Å²) in [6, 6.07) is 18.2. The van der Waals surface area contributed by atoms with Crippen molar-refractivity contribution >= 4 is 34.4 Å². The molecule has 1 fully saturated rings. The van der Waals surface area contributed by atoms with Crippen molar-refractivity contribution in [1.29, 1.82) is 0 Å². The van der Waals surface area contributed by atoms with Crippen molar-refractivity contribution < 1.29 is 23.5 Å². The van der Waals surface area contributed by atoms with Gasteiger partial charge in [0.05, 0.1) is 12.8 Å². The summed E-state index contributed by atoms with van der Waals surface area (Å²) in [6.07, 6.45) is 2.97. The van der Waals surface area contributed by atoms with Crippen LogP contribution >= 0.6 is 0 Å². The van der Waals surface area contributed by atoms with Gasteiger partial charge in [0.1, 0.15) is 11.6 Å². The first kappa shape index (κ1) is 22.3. The van der Waals surface area contributed by atoms with Crippen LogP contribution in [0.25, 0.3) is 16.8 Å². The number of hydrogen-bond acceptors (Lipinski definition) is 5. The molecule has 1 aliphatic rings. The number of methoxy groups -OCH3 is 1.